The molecule has 4 heteroatoms. The van der Waals surface area contributed by atoms with Gasteiger partial charge in [0.15, 0.2) is 0 Å². The molecule has 1 aromatic heterocycles. The van der Waals surface area contributed by atoms with Crippen molar-refractivity contribution >= 4 is 0 Å². The molecule has 2 atom stereocenters. The second-order valence-electron chi connectivity index (χ2n) is 3.78. The molecule has 0 aromatic carbocycles. The van der Waals surface area contributed by atoms with Crippen molar-refractivity contribution in [2.24, 2.45) is 0 Å². The topological polar surface area (TPSA) is 54.6 Å². The van der Waals surface area contributed by atoms with E-state index in [9.17, 15) is 5.11 Å². The lowest BCUT2D eigenvalue weighted by molar-refractivity contribution is 0.0221. The largest absolute Gasteiger partial charge is 0.467 e. The molecular formula is C13H19NO3. The highest BCUT2D eigenvalue weighted by molar-refractivity contribution is 4.98. The number of furan rings is 1. The average Bonchev–Trinajstić information content (AvgIpc) is 2.83. The number of terminal acetylenes is 1. The molecule has 1 aromatic rings. The highest BCUT2D eigenvalue weighted by atomic mass is 16.5. The van der Waals surface area contributed by atoms with E-state index in [4.69, 9.17) is 15.6 Å². The SMILES string of the molecule is C#CC(CC)NCC(O)COCc1ccco1. The molecule has 0 bridgehead atoms. The van der Waals surface area contributed by atoms with E-state index in [1.54, 1.807) is 12.3 Å². The zero-order valence-electron chi connectivity index (χ0n) is 10.1. The van der Waals surface area contributed by atoms with Gasteiger partial charge < -0.3 is 19.6 Å². The van der Waals surface area contributed by atoms with Crippen LogP contribution in [-0.4, -0.2) is 30.4 Å². The summed E-state index contributed by atoms with van der Waals surface area (Å²) in [6.45, 7) is 3.06. The highest BCUT2D eigenvalue weighted by Gasteiger charge is 2.07. The predicted octanol–water partition coefficient (Wildman–Crippen LogP) is 1.16. The molecule has 1 rings (SSSR count). The number of ether oxygens (including phenoxy) is 1. The summed E-state index contributed by atoms with van der Waals surface area (Å²) in [5.41, 5.74) is 0. The van der Waals surface area contributed by atoms with Crippen molar-refractivity contribution in [3.05, 3.63) is 24.2 Å². The minimum absolute atomic E-state index is 0.00900. The third kappa shape index (κ3) is 5.55. The molecule has 1 heterocycles. The summed E-state index contributed by atoms with van der Waals surface area (Å²) in [5, 5.41) is 12.7. The Bertz CT molecular complexity index is 329. The van der Waals surface area contributed by atoms with Gasteiger partial charge in [0.1, 0.15) is 12.4 Å². The number of aliphatic hydroxyl groups is 1. The first kappa shape index (κ1) is 13.8. The van der Waals surface area contributed by atoms with Crippen LogP contribution in [0.2, 0.25) is 0 Å². The van der Waals surface area contributed by atoms with E-state index in [0.717, 1.165) is 12.2 Å². The zero-order chi connectivity index (χ0) is 12.5. The van der Waals surface area contributed by atoms with Crippen LogP contribution in [0.5, 0.6) is 0 Å². The van der Waals surface area contributed by atoms with Gasteiger partial charge in [0, 0.05) is 6.54 Å². The van der Waals surface area contributed by atoms with Crippen LogP contribution in [0, 0.1) is 12.3 Å². The summed E-state index contributed by atoms with van der Waals surface area (Å²) in [5.74, 6) is 3.36. The van der Waals surface area contributed by atoms with Crippen molar-refractivity contribution < 1.29 is 14.3 Å². The molecule has 0 aliphatic rings. The van der Waals surface area contributed by atoms with Gasteiger partial charge in [-0.05, 0) is 18.6 Å². The van der Waals surface area contributed by atoms with Gasteiger partial charge in [0.25, 0.3) is 0 Å². The van der Waals surface area contributed by atoms with Crippen molar-refractivity contribution in [3.63, 3.8) is 0 Å². The fourth-order valence-electron chi connectivity index (χ4n) is 1.35. The first-order valence-electron chi connectivity index (χ1n) is 5.74. The Morgan fingerprint density at radius 3 is 3.06 bits per heavy atom. The number of aliphatic hydroxyl groups excluding tert-OH is 1. The molecule has 0 aliphatic carbocycles. The van der Waals surface area contributed by atoms with E-state index in [1.165, 1.54) is 0 Å². The summed E-state index contributed by atoms with van der Waals surface area (Å²) in [7, 11) is 0. The highest BCUT2D eigenvalue weighted by Crippen LogP contribution is 2.02. The summed E-state index contributed by atoms with van der Waals surface area (Å²) in [6.07, 6.45) is 7.17. The normalized spacial score (nSPS) is 14.2. The molecule has 0 fully saturated rings. The van der Waals surface area contributed by atoms with Crippen LogP contribution in [-0.2, 0) is 11.3 Å². The summed E-state index contributed by atoms with van der Waals surface area (Å²) < 4.78 is 10.4. The minimum Gasteiger partial charge on any atom is -0.467 e. The molecule has 17 heavy (non-hydrogen) atoms. The van der Waals surface area contributed by atoms with Gasteiger partial charge >= 0.3 is 0 Å². The van der Waals surface area contributed by atoms with E-state index in [2.05, 4.69) is 11.2 Å². The first-order valence-corrected chi connectivity index (χ1v) is 5.74. The molecular weight excluding hydrogens is 218 g/mol. The predicted molar refractivity (Wildman–Crippen MR) is 65.3 cm³/mol. The lowest BCUT2D eigenvalue weighted by atomic mass is 10.2. The van der Waals surface area contributed by atoms with Crippen molar-refractivity contribution in [1.29, 1.82) is 0 Å². The zero-order valence-corrected chi connectivity index (χ0v) is 10.1. The molecule has 94 valence electrons. The lowest BCUT2D eigenvalue weighted by Crippen LogP contribution is -2.36. The molecule has 0 radical (unpaired) electrons. The van der Waals surface area contributed by atoms with Gasteiger partial charge in [-0.25, -0.2) is 0 Å². The molecule has 0 aliphatic heterocycles. The van der Waals surface area contributed by atoms with Crippen LogP contribution in [0.4, 0.5) is 0 Å². The van der Waals surface area contributed by atoms with Gasteiger partial charge in [-0.2, -0.15) is 0 Å². The maximum Gasteiger partial charge on any atom is 0.129 e. The molecule has 4 nitrogen and oxygen atoms in total. The van der Waals surface area contributed by atoms with Crippen molar-refractivity contribution in [2.45, 2.75) is 32.1 Å². The van der Waals surface area contributed by atoms with Crippen molar-refractivity contribution in [1.82, 2.24) is 5.32 Å². The molecule has 0 spiro atoms. The van der Waals surface area contributed by atoms with Gasteiger partial charge in [-0.3, -0.25) is 0 Å². The van der Waals surface area contributed by atoms with Crippen LogP contribution in [0.15, 0.2) is 22.8 Å². The number of nitrogens with one attached hydrogen (secondary N) is 1. The molecule has 0 saturated carbocycles. The Hall–Kier alpha value is -1.28. The molecule has 0 saturated heterocycles. The van der Waals surface area contributed by atoms with Gasteiger partial charge in [0.05, 0.1) is 25.0 Å². The Kier molecular flexibility index (Phi) is 6.41. The maximum atomic E-state index is 9.63. The Morgan fingerprint density at radius 2 is 2.47 bits per heavy atom. The third-order valence-corrected chi connectivity index (χ3v) is 2.34. The average molecular weight is 237 g/mol. The second kappa shape index (κ2) is 7.91. The minimum atomic E-state index is -0.563. The number of hydrogen-bond donors (Lipinski definition) is 2. The summed E-state index contributed by atoms with van der Waals surface area (Å²) in [4.78, 5) is 0. The Labute approximate surface area is 102 Å². The van der Waals surface area contributed by atoms with E-state index in [1.807, 2.05) is 13.0 Å². The molecule has 2 N–H and O–H groups in total. The van der Waals surface area contributed by atoms with Crippen LogP contribution in [0.25, 0.3) is 0 Å². The molecule has 2 unspecified atom stereocenters. The van der Waals surface area contributed by atoms with Crippen molar-refractivity contribution in [2.75, 3.05) is 13.2 Å². The van der Waals surface area contributed by atoms with Gasteiger partial charge in [-0.1, -0.05) is 12.8 Å². The van der Waals surface area contributed by atoms with Gasteiger partial charge in [-0.15, -0.1) is 6.42 Å². The lowest BCUT2D eigenvalue weighted by Gasteiger charge is -2.15. The van der Waals surface area contributed by atoms with E-state index >= 15 is 0 Å². The Balaban J connectivity index is 2.09. The fraction of sp³-hybridized carbons (Fsp3) is 0.538. The Morgan fingerprint density at radius 1 is 1.65 bits per heavy atom. The van der Waals surface area contributed by atoms with Crippen LogP contribution >= 0.6 is 0 Å². The quantitative estimate of drug-likeness (QED) is 0.666. The van der Waals surface area contributed by atoms with Crippen LogP contribution < -0.4 is 5.32 Å². The first-order chi connectivity index (χ1) is 8.26. The standard InChI is InChI=1S/C13H19NO3/c1-3-11(4-2)14-8-12(15)9-16-10-13-6-5-7-17-13/h1,5-7,11-12,14-15H,4,8-10H2,2H3. The van der Waals surface area contributed by atoms with E-state index in [0.29, 0.717) is 13.2 Å². The van der Waals surface area contributed by atoms with Crippen LogP contribution in [0.1, 0.15) is 19.1 Å². The van der Waals surface area contributed by atoms with Crippen LogP contribution in [0.3, 0.4) is 0 Å². The van der Waals surface area contributed by atoms with E-state index < -0.39 is 6.10 Å². The number of rotatable bonds is 8. The van der Waals surface area contributed by atoms with Gasteiger partial charge in [0.2, 0.25) is 0 Å². The monoisotopic (exact) mass is 237 g/mol. The third-order valence-electron chi connectivity index (χ3n) is 2.34. The number of hydrogen-bond acceptors (Lipinski definition) is 4. The molecule has 0 amide bonds. The van der Waals surface area contributed by atoms with E-state index in [-0.39, 0.29) is 12.6 Å². The summed E-state index contributed by atoms with van der Waals surface area (Å²) >= 11 is 0. The maximum absolute atomic E-state index is 9.63. The fourth-order valence-corrected chi connectivity index (χ4v) is 1.35. The van der Waals surface area contributed by atoms with Crippen molar-refractivity contribution in [3.8, 4) is 12.3 Å². The smallest absolute Gasteiger partial charge is 0.129 e. The summed E-state index contributed by atoms with van der Waals surface area (Å²) in [6, 6.07) is 3.64. The second-order valence-corrected chi connectivity index (χ2v) is 3.78.